The Labute approximate surface area is 172 Å². The van der Waals surface area contributed by atoms with E-state index in [2.05, 4.69) is 34.8 Å². The lowest BCUT2D eigenvalue weighted by Gasteiger charge is -2.18. The van der Waals surface area contributed by atoms with Gasteiger partial charge in [-0.3, -0.25) is 9.78 Å². The molecule has 0 aliphatic rings. The molecule has 6 nitrogen and oxygen atoms in total. The van der Waals surface area contributed by atoms with Crippen LogP contribution < -0.4 is 16.0 Å². The molecule has 0 saturated heterocycles. The van der Waals surface area contributed by atoms with Crippen molar-refractivity contribution in [2.24, 2.45) is 11.7 Å². The average molecular weight is 448 g/mol. The predicted molar refractivity (Wildman–Crippen MR) is 116 cm³/mol. The van der Waals surface area contributed by atoms with Crippen LogP contribution in [-0.2, 0) is 6.54 Å². The van der Waals surface area contributed by atoms with Crippen molar-refractivity contribution < 1.29 is 9.84 Å². The maximum Gasteiger partial charge on any atom is 0.260 e. The minimum Gasteiger partial charge on any atom is -0.491 e. The third-order valence-corrected chi connectivity index (χ3v) is 5.40. The van der Waals surface area contributed by atoms with Crippen molar-refractivity contribution >= 4 is 37.6 Å². The van der Waals surface area contributed by atoms with Gasteiger partial charge in [-0.2, -0.15) is 0 Å². The lowest BCUT2D eigenvalue weighted by Crippen LogP contribution is -2.29. The molecule has 28 heavy (non-hydrogen) atoms. The van der Waals surface area contributed by atoms with Gasteiger partial charge in [0.2, 0.25) is 0 Å². The van der Waals surface area contributed by atoms with Crippen molar-refractivity contribution in [2.75, 3.05) is 13.2 Å². The van der Waals surface area contributed by atoms with Crippen LogP contribution in [0.25, 0.3) is 21.7 Å². The monoisotopic (exact) mass is 447 g/mol. The van der Waals surface area contributed by atoms with Gasteiger partial charge in [-0.1, -0.05) is 13.8 Å². The third kappa shape index (κ3) is 4.06. The Morgan fingerprint density at radius 3 is 2.75 bits per heavy atom. The van der Waals surface area contributed by atoms with Crippen LogP contribution in [0.15, 0.2) is 33.7 Å². The molecule has 150 valence electrons. The lowest BCUT2D eigenvalue weighted by atomic mass is 10.0. The summed E-state index contributed by atoms with van der Waals surface area (Å²) in [6.07, 6.45) is 2.58. The summed E-state index contributed by atoms with van der Waals surface area (Å²) in [7, 11) is 0. The molecule has 3 rings (SSSR count). The molecule has 0 bridgehead atoms. The van der Waals surface area contributed by atoms with Crippen LogP contribution in [0.1, 0.15) is 26.0 Å². The number of hydrogen-bond donors (Lipinski definition) is 2. The van der Waals surface area contributed by atoms with Crippen LogP contribution in [0.4, 0.5) is 0 Å². The molecule has 3 N–H and O–H groups in total. The Morgan fingerprint density at radius 1 is 1.32 bits per heavy atom. The van der Waals surface area contributed by atoms with E-state index in [-0.39, 0.29) is 24.8 Å². The fourth-order valence-electron chi connectivity index (χ4n) is 3.59. The van der Waals surface area contributed by atoms with Crippen LogP contribution in [0.2, 0.25) is 0 Å². The molecular formula is C21H26BrN3O3. The van der Waals surface area contributed by atoms with E-state index in [1.54, 1.807) is 10.8 Å². The minimum atomic E-state index is -0.160. The minimum absolute atomic E-state index is 0.0624. The average Bonchev–Trinajstić information content (AvgIpc) is 2.63. The summed E-state index contributed by atoms with van der Waals surface area (Å²) in [5.41, 5.74) is 7.37. The molecule has 0 aliphatic carbocycles. The fourth-order valence-corrected chi connectivity index (χ4v) is 4.05. The van der Waals surface area contributed by atoms with Crippen molar-refractivity contribution in [3.63, 3.8) is 0 Å². The molecule has 1 aromatic carbocycles. The number of nitrogens with two attached hydrogens (primary N) is 1. The molecule has 0 fully saturated rings. The summed E-state index contributed by atoms with van der Waals surface area (Å²) in [6, 6.07) is 5.58. The van der Waals surface area contributed by atoms with Gasteiger partial charge in [0.1, 0.15) is 12.4 Å². The van der Waals surface area contributed by atoms with Gasteiger partial charge in [-0.05, 0) is 52.7 Å². The number of aromatic nitrogens is 2. The molecule has 3 aromatic rings. The van der Waals surface area contributed by atoms with Crippen molar-refractivity contribution in [3.05, 3.63) is 44.9 Å². The van der Waals surface area contributed by atoms with Gasteiger partial charge >= 0.3 is 0 Å². The molecule has 2 aromatic heterocycles. The number of pyridine rings is 2. The van der Waals surface area contributed by atoms with E-state index in [0.29, 0.717) is 34.9 Å². The van der Waals surface area contributed by atoms with Crippen LogP contribution in [0.3, 0.4) is 0 Å². The topological polar surface area (TPSA) is 90.4 Å². The van der Waals surface area contributed by atoms with Crippen molar-refractivity contribution in [1.82, 2.24) is 9.55 Å². The Morgan fingerprint density at radius 2 is 2.07 bits per heavy atom. The number of fused-ring (bicyclic) bond motifs is 3. The van der Waals surface area contributed by atoms with E-state index < -0.39 is 0 Å². The van der Waals surface area contributed by atoms with Gasteiger partial charge in [-0.15, -0.1) is 0 Å². The fraction of sp³-hybridized carbons (Fsp3) is 0.429. The number of rotatable bonds is 7. The Balaban J connectivity index is 2.15. The second-order valence-corrected chi connectivity index (χ2v) is 8.35. The van der Waals surface area contributed by atoms with Crippen LogP contribution in [0.5, 0.6) is 5.75 Å². The van der Waals surface area contributed by atoms with Crippen LogP contribution >= 0.6 is 15.9 Å². The molecule has 7 heteroatoms. The van der Waals surface area contributed by atoms with Crippen molar-refractivity contribution in [2.45, 2.75) is 39.8 Å². The molecule has 2 heterocycles. The summed E-state index contributed by atoms with van der Waals surface area (Å²) in [4.78, 5) is 17.3. The lowest BCUT2D eigenvalue weighted by molar-refractivity contribution is 0.269. The molecule has 0 saturated carbocycles. The Hall–Kier alpha value is -1.96. The van der Waals surface area contributed by atoms with Crippen molar-refractivity contribution in [1.29, 1.82) is 0 Å². The maximum absolute atomic E-state index is 13.1. The molecule has 0 radical (unpaired) electrons. The van der Waals surface area contributed by atoms with Gasteiger partial charge in [0.05, 0.1) is 27.7 Å². The van der Waals surface area contributed by atoms with E-state index in [9.17, 15) is 9.90 Å². The number of ether oxygens (including phenoxy) is 1. The number of aliphatic hydroxyl groups is 1. The summed E-state index contributed by atoms with van der Waals surface area (Å²) in [5.74, 6) is 1.12. The largest absolute Gasteiger partial charge is 0.491 e. The smallest absolute Gasteiger partial charge is 0.260 e. The normalized spacial score (nSPS) is 12.8. The summed E-state index contributed by atoms with van der Waals surface area (Å²) in [6.45, 7) is 6.53. The molecule has 1 atom stereocenters. The number of halogens is 1. The van der Waals surface area contributed by atoms with Crippen LogP contribution in [-0.4, -0.2) is 33.9 Å². The zero-order valence-electron chi connectivity index (χ0n) is 16.4. The van der Waals surface area contributed by atoms with E-state index in [1.807, 2.05) is 25.1 Å². The quantitative estimate of drug-likeness (QED) is 0.541. The van der Waals surface area contributed by atoms with E-state index in [1.165, 1.54) is 0 Å². The first-order chi connectivity index (χ1) is 13.3. The van der Waals surface area contributed by atoms with Crippen LogP contribution in [0, 0.1) is 12.8 Å². The highest BCUT2D eigenvalue weighted by Crippen LogP contribution is 2.33. The standard InChI is InChI=1S/C21H26BrN3O3/c1-12(2)8-14(23)11-28-19-10-18-16(9-17(19)22)15-4-5-24-13(3)20(15)21(27)25(18)6-7-26/h4-5,9-10,12,14,26H,6-8,11,23H2,1-3H3. The van der Waals surface area contributed by atoms with Gasteiger partial charge < -0.3 is 20.1 Å². The first kappa shape index (κ1) is 20.8. The number of nitrogens with zero attached hydrogens (tertiary/aromatic N) is 2. The maximum atomic E-state index is 13.1. The van der Waals surface area contributed by atoms with E-state index >= 15 is 0 Å². The summed E-state index contributed by atoms with van der Waals surface area (Å²) >= 11 is 3.59. The molecule has 1 unspecified atom stereocenters. The summed E-state index contributed by atoms with van der Waals surface area (Å²) in [5, 5.41) is 11.8. The zero-order valence-corrected chi connectivity index (χ0v) is 18.0. The first-order valence-electron chi connectivity index (χ1n) is 9.44. The predicted octanol–water partition coefficient (Wildman–Crippen LogP) is 3.37. The van der Waals surface area contributed by atoms with Gasteiger partial charge in [-0.25, -0.2) is 0 Å². The molecular weight excluding hydrogens is 422 g/mol. The van der Waals surface area contributed by atoms with Gasteiger partial charge in [0.15, 0.2) is 0 Å². The molecule has 0 spiro atoms. The van der Waals surface area contributed by atoms with Crippen molar-refractivity contribution in [3.8, 4) is 5.75 Å². The molecule has 0 aliphatic heterocycles. The summed E-state index contributed by atoms with van der Waals surface area (Å²) < 4.78 is 8.33. The SMILES string of the molecule is Cc1nccc2c1c(=O)n(CCO)c1cc(OCC(N)CC(C)C)c(Br)cc21. The number of aliphatic hydroxyl groups excluding tert-OH is 1. The number of benzene rings is 1. The Kier molecular flexibility index (Phi) is 6.37. The van der Waals surface area contributed by atoms with Gasteiger partial charge in [0.25, 0.3) is 5.56 Å². The third-order valence-electron chi connectivity index (χ3n) is 4.78. The van der Waals surface area contributed by atoms with E-state index in [4.69, 9.17) is 10.5 Å². The number of aryl methyl sites for hydroxylation is 1. The first-order valence-corrected chi connectivity index (χ1v) is 10.2. The van der Waals surface area contributed by atoms with E-state index in [0.717, 1.165) is 21.7 Å². The highest BCUT2D eigenvalue weighted by molar-refractivity contribution is 9.10. The Bertz CT molecular complexity index is 1060. The number of hydrogen-bond acceptors (Lipinski definition) is 5. The zero-order chi connectivity index (χ0) is 20.4. The molecule has 0 amide bonds. The second-order valence-electron chi connectivity index (χ2n) is 7.50. The van der Waals surface area contributed by atoms with Gasteiger partial charge in [0, 0.05) is 30.2 Å². The second kappa shape index (κ2) is 8.59. The highest BCUT2D eigenvalue weighted by atomic mass is 79.9. The highest BCUT2D eigenvalue weighted by Gasteiger charge is 2.16.